The van der Waals surface area contributed by atoms with Gasteiger partial charge in [0.25, 0.3) is 0 Å². The number of likely N-dealkylation sites (tertiary alicyclic amines) is 1. The average molecular weight is 268 g/mol. The number of nitrogens with two attached hydrogens (primary N) is 1. The van der Waals surface area contributed by atoms with Crippen LogP contribution in [0, 0.1) is 5.92 Å². The molecular weight excluding hydrogens is 240 g/mol. The van der Waals surface area contributed by atoms with Crippen molar-refractivity contribution in [3.05, 3.63) is 0 Å². The van der Waals surface area contributed by atoms with Crippen molar-refractivity contribution < 1.29 is 9.53 Å². The Morgan fingerprint density at radius 2 is 1.95 bits per heavy atom. The van der Waals surface area contributed by atoms with E-state index in [4.69, 9.17) is 10.5 Å². The molecule has 1 aliphatic carbocycles. The zero-order valence-corrected chi connectivity index (χ0v) is 12.1. The summed E-state index contributed by atoms with van der Waals surface area (Å²) in [6.45, 7) is 4.85. The van der Waals surface area contributed by atoms with Crippen LogP contribution in [0.2, 0.25) is 0 Å². The number of rotatable bonds is 5. The number of hydrogen-bond donors (Lipinski definition) is 1. The lowest BCUT2D eigenvalue weighted by molar-refractivity contribution is -0.125. The van der Waals surface area contributed by atoms with Crippen LogP contribution in [0.3, 0.4) is 0 Å². The van der Waals surface area contributed by atoms with Gasteiger partial charge >= 0.3 is 0 Å². The van der Waals surface area contributed by atoms with E-state index in [1.165, 1.54) is 32.1 Å². The fraction of sp³-hybridized carbons (Fsp3) is 0.933. The monoisotopic (exact) mass is 268 g/mol. The van der Waals surface area contributed by atoms with Crippen LogP contribution < -0.4 is 5.73 Å². The SMILES string of the molecule is C[C@@H]1CCCC[C@H]1OCCN1CCCC[C@H]1C(N)=O. The quantitative estimate of drug-likeness (QED) is 0.829. The predicted octanol–water partition coefficient (Wildman–Crippen LogP) is 1.92. The topological polar surface area (TPSA) is 55.6 Å². The second kappa shape index (κ2) is 7.25. The lowest BCUT2D eigenvalue weighted by Gasteiger charge is -2.34. The van der Waals surface area contributed by atoms with Crippen LogP contribution in [0.5, 0.6) is 0 Å². The van der Waals surface area contributed by atoms with E-state index in [2.05, 4.69) is 11.8 Å². The van der Waals surface area contributed by atoms with Gasteiger partial charge in [0.15, 0.2) is 0 Å². The highest BCUT2D eigenvalue weighted by molar-refractivity contribution is 5.79. The Balaban J connectivity index is 1.73. The highest BCUT2D eigenvalue weighted by Gasteiger charge is 2.27. The first-order valence-electron chi connectivity index (χ1n) is 7.83. The Kier molecular flexibility index (Phi) is 5.64. The summed E-state index contributed by atoms with van der Waals surface area (Å²) in [4.78, 5) is 13.6. The molecule has 1 amide bonds. The van der Waals surface area contributed by atoms with Crippen molar-refractivity contribution in [1.82, 2.24) is 4.90 Å². The van der Waals surface area contributed by atoms with E-state index in [-0.39, 0.29) is 11.9 Å². The number of ether oxygens (including phenoxy) is 1. The van der Waals surface area contributed by atoms with Crippen molar-refractivity contribution in [2.24, 2.45) is 11.7 Å². The summed E-state index contributed by atoms with van der Waals surface area (Å²) in [5.74, 6) is 0.507. The van der Waals surface area contributed by atoms with E-state index in [9.17, 15) is 4.79 Å². The molecule has 1 saturated carbocycles. The summed E-state index contributed by atoms with van der Waals surface area (Å²) in [5.41, 5.74) is 5.47. The largest absolute Gasteiger partial charge is 0.377 e. The highest BCUT2D eigenvalue weighted by atomic mass is 16.5. The van der Waals surface area contributed by atoms with Gasteiger partial charge in [-0.2, -0.15) is 0 Å². The van der Waals surface area contributed by atoms with Crippen molar-refractivity contribution in [3.63, 3.8) is 0 Å². The van der Waals surface area contributed by atoms with Gasteiger partial charge in [-0.15, -0.1) is 0 Å². The third-order valence-electron chi connectivity index (χ3n) is 4.69. The van der Waals surface area contributed by atoms with E-state index in [1.54, 1.807) is 0 Å². The van der Waals surface area contributed by atoms with Gasteiger partial charge in [0.2, 0.25) is 5.91 Å². The first kappa shape index (κ1) is 14.8. The highest BCUT2D eigenvalue weighted by Crippen LogP contribution is 2.26. The molecular formula is C15H28N2O2. The van der Waals surface area contributed by atoms with Crippen LogP contribution in [0.4, 0.5) is 0 Å². The number of piperidine rings is 1. The number of carbonyl (C=O) groups excluding carboxylic acids is 1. The van der Waals surface area contributed by atoms with Crippen molar-refractivity contribution >= 4 is 5.91 Å². The molecule has 4 nitrogen and oxygen atoms in total. The maximum atomic E-state index is 11.4. The van der Waals surface area contributed by atoms with E-state index in [0.29, 0.717) is 12.0 Å². The molecule has 3 atom stereocenters. The van der Waals surface area contributed by atoms with Crippen LogP contribution in [-0.2, 0) is 9.53 Å². The minimum Gasteiger partial charge on any atom is -0.377 e. The van der Waals surface area contributed by atoms with Crippen LogP contribution in [0.25, 0.3) is 0 Å². The number of primary amides is 1. The number of hydrogen-bond acceptors (Lipinski definition) is 3. The lowest BCUT2D eigenvalue weighted by atomic mass is 9.88. The van der Waals surface area contributed by atoms with Crippen LogP contribution in [-0.4, -0.2) is 42.6 Å². The Morgan fingerprint density at radius 1 is 1.21 bits per heavy atom. The normalized spacial score (nSPS) is 33.2. The molecule has 19 heavy (non-hydrogen) atoms. The molecule has 110 valence electrons. The zero-order chi connectivity index (χ0) is 13.7. The van der Waals surface area contributed by atoms with Gasteiger partial charge in [0, 0.05) is 6.54 Å². The average Bonchev–Trinajstić information content (AvgIpc) is 2.41. The van der Waals surface area contributed by atoms with Crippen molar-refractivity contribution in [2.45, 2.75) is 64.0 Å². The summed E-state index contributed by atoms with van der Waals surface area (Å²) < 4.78 is 6.03. The smallest absolute Gasteiger partial charge is 0.234 e. The van der Waals surface area contributed by atoms with Crippen LogP contribution >= 0.6 is 0 Å². The Morgan fingerprint density at radius 3 is 2.68 bits per heavy atom. The van der Waals surface area contributed by atoms with Gasteiger partial charge in [0.05, 0.1) is 18.8 Å². The molecule has 1 saturated heterocycles. The van der Waals surface area contributed by atoms with Gasteiger partial charge < -0.3 is 10.5 Å². The molecule has 0 aromatic carbocycles. The molecule has 0 spiro atoms. The molecule has 2 fully saturated rings. The first-order valence-corrected chi connectivity index (χ1v) is 7.83. The molecule has 0 unspecified atom stereocenters. The Labute approximate surface area is 116 Å². The van der Waals surface area contributed by atoms with E-state index < -0.39 is 0 Å². The molecule has 1 aliphatic heterocycles. The second-order valence-electron chi connectivity index (χ2n) is 6.12. The van der Waals surface area contributed by atoms with E-state index >= 15 is 0 Å². The second-order valence-corrected chi connectivity index (χ2v) is 6.12. The fourth-order valence-corrected chi connectivity index (χ4v) is 3.43. The van der Waals surface area contributed by atoms with Gasteiger partial charge in [-0.3, -0.25) is 9.69 Å². The minimum absolute atomic E-state index is 0.0684. The molecule has 4 heteroatoms. The first-order chi connectivity index (χ1) is 9.18. The van der Waals surface area contributed by atoms with Gasteiger partial charge in [0.1, 0.15) is 0 Å². The summed E-state index contributed by atoms with van der Waals surface area (Å²) in [7, 11) is 0. The summed E-state index contributed by atoms with van der Waals surface area (Å²) in [5, 5.41) is 0. The zero-order valence-electron chi connectivity index (χ0n) is 12.1. The molecule has 1 heterocycles. The third-order valence-corrected chi connectivity index (χ3v) is 4.69. The van der Waals surface area contributed by atoms with Crippen LogP contribution in [0.15, 0.2) is 0 Å². The number of amides is 1. The predicted molar refractivity (Wildman–Crippen MR) is 75.8 cm³/mol. The van der Waals surface area contributed by atoms with Crippen molar-refractivity contribution in [3.8, 4) is 0 Å². The summed E-state index contributed by atoms with van der Waals surface area (Å²) >= 11 is 0. The fourth-order valence-electron chi connectivity index (χ4n) is 3.43. The van der Waals surface area contributed by atoms with Gasteiger partial charge in [-0.25, -0.2) is 0 Å². The standard InChI is InChI=1S/C15H28N2O2/c1-12-6-2-3-8-14(12)19-11-10-17-9-5-4-7-13(17)15(16)18/h12-14H,2-11H2,1H3,(H2,16,18)/t12-,13+,14-/m1/s1. The summed E-state index contributed by atoms with van der Waals surface area (Å²) in [6.07, 6.45) is 8.74. The minimum atomic E-state index is -0.175. The molecule has 0 radical (unpaired) electrons. The van der Waals surface area contributed by atoms with Crippen molar-refractivity contribution in [1.29, 1.82) is 0 Å². The van der Waals surface area contributed by atoms with Gasteiger partial charge in [-0.1, -0.05) is 26.2 Å². The molecule has 0 aromatic rings. The van der Waals surface area contributed by atoms with Crippen molar-refractivity contribution in [2.75, 3.05) is 19.7 Å². The Hall–Kier alpha value is -0.610. The Bertz CT molecular complexity index is 296. The summed E-state index contributed by atoms with van der Waals surface area (Å²) in [6, 6.07) is -0.0684. The van der Waals surface area contributed by atoms with Crippen LogP contribution in [0.1, 0.15) is 51.9 Å². The molecule has 0 aromatic heterocycles. The molecule has 2 aliphatic rings. The number of carbonyl (C=O) groups is 1. The number of nitrogens with zero attached hydrogens (tertiary/aromatic N) is 1. The maximum Gasteiger partial charge on any atom is 0.234 e. The van der Waals surface area contributed by atoms with Gasteiger partial charge in [-0.05, 0) is 38.1 Å². The molecule has 0 bridgehead atoms. The van der Waals surface area contributed by atoms with E-state index in [1.807, 2.05) is 0 Å². The van der Waals surface area contributed by atoms with E-state index in [0.717, 1.165) is 32.5 Å². The maximum absolute atomic E-state index is 11.4. The molecule has 2 N–H and O–H groups in total. The lowest BCUT2D eigenvalue weighted by Crippen LogP contribution is -2.49. The third kappa shape index (κ3) is 4.18. The molecule has 2 rings (SSSR count).